The van der Waals surface area contributed by atoms with Crippen molar-refractivity contribution in [2.45, 2.75) is 25.1 Å². The summed E-state index contributed by atoms with van der Waals surface area (Å²) in [7, 11) is 0. The first kappa shape index (κ1) is 9.71. The molecule has 2 heterocycles. The van der Waals surface area contributed by atoms with E-state index in [0.29, 0.717) is 0 Å². The quantitative estimate of drug-likeness (QED) is 0.666. The number of hydrogen-bond acceptors (Lipinski definition) is 3. The van der Waals surface area contributed by atoms with Crippen LogP contribution in [-0.2, 0) is 0 Å². The van der Waals surface area contributed by atoms with Crippen LogP contribution in [0.4, 0.5) is 5.95 Å². The molecule has 76 valence electrons. The van der Waals surface area contributed by atoms with Gasteiger partial charge in [0.25, 0.3) is 0 Å². The Morgan fingerprint density at radius 1 is 1.57 bits per heavy atom. The molecule has 1 atom stereocenters. The van der Waals surface area contributed by atoms with Gasteiger partial charge in [0, 0.05) is 25.0 Å². The smallest absolute Gasteiger partial charge is 0.225 e. The number of rotatable bonds is 1. The van der Waals surface area contributed by atoms with E-state index in [-0.39, 0.29) is 5.38 Å². The zero-order chi connectivity index (χ0) is 9.97. The highest BCUT2D eigenvalue weighted by atomic mass is 35.5. The van der Waals surface area contributed by atoms with Crippen LogP contribution in [0.25, 0.3) is 0 Å². The summed E-state index contributed by atoms with van der Waals surface area (Å²) in [6.07, 6.45) is 4.03. The molecule has 1 aliphatic heterocycles. The number of aryl methyl sites for hydroxylation is 1. The third kappa shape index (κ3) is 2.15. The molecule has 1 aromatic heterocycles. The summed E-state index contributed by atoms with van der Waals surface area (Å²) in [6.45, 7) is 3.87. The highest BCUT2D eigenvalue weighted by Crippen LogP contribution is 2.18. The van der Waals surface area contributed by atoms with E-state index in [4.69, 9.17) is 11.6 Å². The monoisotopic (exact) mass is 211 g/mol. The van der Waals surface area contributed by atoms with Gasteiger partial charge in [-0.25, -0.2) is 9.97 Å². The molecule has 3 nitrogen and oxygen atoms in total. The second-order valence-electron chi connectivity index (χ2n) is 3.68. The Kier molecular flexibility index (Phi) is 2.87. The van der Waals surface area contributed by atoms with Crippen LogP contribution in [0, 0.1) is 6.92 Å². The second kappa shape index (κ2) is 4.13. The molecular weight excluding hydrogens is 198 g/mol. The maximum atomic E-state index is 6.10. The molecule has 1 unspecified atom stereocenters. The highest BCUT2D eigenvalue weighted by Gasteiger charge is 2.19. The Labute approximate surface area is 89.1 Å². The first-order chi connectivity index (χ1) is 6.75. The third-order valence-corrected chi connectivity index (χ3v) is 2.79. The van der Waals surface area contributed by atoms with Gasteiger partial charge in [-0.2, -0.15) is 0 Å². The highest BCUT2D eigenvalue weighted by molar-refractivity contribution is 6.21. The van der Waals surface area contributed by atoms with Gasteiger partial charge in [-0.3, -0.25) is 0 Å². The fraction of sp³-hybridized carbons (Fsp3) is 0.600. The normalized spacial score (nSPS) is 22.4. The fourth-order valence-electron chi connectivity index (χ4n) is 1.70. The molecule has 4 heteroatoms. The number of anilines is 1. The number of alkyl halides is 1. The van der Waals surface area contributed by atoms with Crippen molar-refractivity contribution in [2.24, 2.45) is 0 Å². The van der Waals surface area contributed by atoms with Crippen molar-refractivity contribution >= 4 is 17.5 Å². The minimum atomic E-state index is 0.243. The standard InChI is InChI=1S/C10H14ClN3/c1-8-4-5-12-10(13-8)14-6-2-3-9(11)7-14/h4-5,9H,2-3,6-7H2,1H3. The van der Waals surface area contributed by atoms with Gasteiger partial charge in [-0.1, -0.05) is 0 Å². The first-order valence-electron chi connectivity index (χ1n) is 4.94. The van der Waals surface area contributed by atoms with E-state index < -0.39 is 0 Å². The van der Waals surface area contributed by atoms with Gasteiger partial charge in [-0.15, -0.1) is 11.6 Å². The molecule has 14 heavy (non-hydrogen) atoms. The summed E-state index contributed by atoms with van der Waals surface area (Å²) in [5, 5.41) is 0.243. The zero-order valence-electron chi connectivity index (χ0n) is 8.28. The van der Waals surface area contributed by atoms with Gasteiger partial charge in [0.1, 0.15) is 0 Å². The van der Waals surface area contributed by atoms with E-state index in [1.54, 1.807) is 6.20 Å². The Balaban J connectivity index is 2.14. The maximum Gasteiger partial charge on any atom is 0.225 e. The predicted molar refractivity (Wildman–Crippen MR) is 57.9 cm³/mol. The minimum Gasteiger partial charge on any atom is -0.339 e. The molecule has 1 aromatic rings. The average molecular weight is 212 g/mol. The number of nitrogens with zero attached hydrogens (tertiary/aromatic N) is 3. The van der Waals surface area contributed by atoms with Crippen molar-refractivity contribution in [1.29, 1.82) is 0 Å². The molecule has 0 aromatic carbocycles. The van der Waals surface area contributed by atoms with Crippen LogP contribution < -0.4 is 4.90 Å². The summed E-state index contributed by atoms with van der Waals surface area (Å²) < 4.78 is 0. The SMILES string of the molecule is Cc1ccnc(N2CCCC(Cl)C2)n1. The van der Waals surface area contributed by atoms with E-state index in [0.717, 1.165) is 37.6 Å². The molecule has 1 saturated heterocycles. The molecular formula is C10H14ClN3. The predicted octanol–water partition coefficient (Wildman–Crippen LogP) is 1.99. The van der Waals surface area contributed by atoms with E-state index in [1.165, 1.54) is 0 Å². The number of aromatic nitrogens is 2. The molecule has 0 N–H and O–H groups in total. The summed E-state index contributed by atoms with van der Waals surface area (Å²) >= 11 is 6.10. The topological polar surface area (TPSA) is 29.0 Å². The van der Waals surface area contributed by atoms with Gasteiger partial charge < -0.3 is 4.90 Å². The molecule has 0 aliphatic carbocycles. The number of piperidine rings is 1. The molecule has 0 bridgehead atoms. The Morgan fingerprint density at radius 2 is 2.43 bits per heavy atom. The Morgan fingerprint density at radius 3 is 3.14 bits per heavy atom. The molecule has 0 saturated carbocycles. The zero-order valence-corrected chi connectivity index (χ0v) is 9.04. The Hall–Kier alpha value is -0.830. The van der Waals surface area contributed by atoms with Gasteiger partial charge in [0.05, 0.1) is 5.38 Å². The van der Waals surface area contributed by atoms with E-state index in [9.17, 15) is 0 Å². The van der Waals surface area contributed by atoms with Crippen molar-refractivity contribution in [3.05, 3.63) is 18.0 Å². The summed E-state index contributed by atoms with van der Waals surface area (Å²) in [6, 6.07) is 1.91. The third-order valence-electron chi connectivity index (χ3n) is 2.43. The molecule has 2 rings (SSSR count). The largest absolute Gasteiger partial charge is 0.339 e. The van der Waals surface area contributed by atoms with Crippen LogP contribution in [0.5, 0.6) is 0 Å². The Bertz CT molecular complexity index is 316. The van der Waals surface area contributed by atoms with E-state index in [1.807, 2.05) is 13.0 Å². The van der Waals surface area contributed by atoms with Crippen LogP contribution in [-0.4, -0.2) is 28.4 Å². The lowest BCUT2D eigenvalue weighted by Gasteiger charge is -2.29. The summed E-state index contributed by atoms with van der Waals surface area (Å²) in [4.78, 5) is 10.8. The van der Waals surface area contributed by atoms with Gasteiger partial charge in [-0.05, 0) is 25.8 Å². The minimum absolute atomic E-state index is 0.243. The van der Waals surface area contributed by atoms with Crippen molar-refractivity contribution in [3.63, 3.8) is 0 Å². The van der Waals surface area contributed by atoms with Gasteiger partial charge >= 0.3 is 0 Å². The molecule has 0 spiro atoms. The number of hydrogen-bond donors (Lipinski definition) is 0. The lowest BCUT2D eigenvalue weighted by atomic mass is 10.1. The van der Waals surface area contributed by atoms with Crippen LogP contribution in [0.1, 0.15) is 18.5 Å². The van der Waals surface area contributed by atoms with Crippen molar-refractivity contribution < 1.29 is 0 Å². The van der Waals surface area contributed by atoms with Crippen molar-refractivity contribution in [2.75, 3.05) is 18.0 Å². The van der Waals surface area contributed by atoms with Gasteiger partial charge in [0.2, 0.25) is 5.95 Å². The fourth-order valence-corrected chi connectivity index (χ4v) is 2.02. The van der Waals surface area contributed by atoms with E-state index in [2.05, 4.69) is 14.9 Å². The lowest BCUT2D eigenvalue weighted by molar-refractivity contribution is 0.574. The molecule has 1 fully saturated rings. The molecule has 0 amide bonds. The maximum absolute atomic E-state index is 6.10. The first-order valence-corrected chi connectivity index (χ1v) is 5.38. The summed E-state index contributed by atoms with van der Waals surface area (Å²) in [5.41, 5.74) is 1.01. The molecule has 0 radical (unpaired) electrons. The van der Waals surface area contributed by atoms with Gasteiger partial charge in [0.15, 0.2) is 0 Å². The van der Waals surface area contributed by atoms with Crippen molar-refractivity contribution in [3.8, 4) is 0 Å². The van der Waals surface area contributed by atoms with Crippen LogP contribution in [0.2, 0.25) is 0 Å². The second-order valence-corrected chi connectivity index (χ2v) is 4.30. The summed E-state index contributed by atoms with van der Waals surface area (Å²) in [5.74, 6) is 0.815. The van der Waals surface area contributed by atoms with Crippen LogP contribution in [0.15, 0.2) is 12.3 Å². The average Bonchev–Trinajstić information content (AvgIpc) is 2.18. The number of halogens is 1. The van der Waals surface area contributed by atoms with Crippen molar-refractivity contribution in [1.82, 2.24) is 9.97 Å². The molecule has 1 aliphatic rings. The van der Waals surface area contributed by atoms with Crippen LogP contribution in [0.3, 0.4) is 0 Å². The van der Waals surface area contributed by atoms with E-state index >= 15 is 0 Å². The van der Waals surface area contributed by atoms with Crippen LogP contribution >= 0.6 is 11.6 Å². The lowest BCUT2D eigenvalue weighted by Crippen LogP contribution is -2.37.